The number of ether oxygens (including phenoxy) is 1. The third-order valence-electron chi connectivity index (χ3n) is 2.99. The van der Waals surface area contributed by atoms with Gasteiger partial charge in [0.25, 0.3) is 0 Å². The van der Waals surface area contributed by atoms with E-state index >= 15 is 0 Å². The van der Waals surface area contributed by atoms with Crippen LogP contribution in [0.2, 0.25) is 0 Å². The van der Waals surface area contributed by atoms with Crippen molar-refractivity contribution in [1.82, 2.24) is 5.32 Å². The number of nitrogens with one attached hydrogen (secondary N) is 1. The second-order valence-corrected chi connectivity index (χ2v) is 4.98. The third-order valence-corrected chi connectivity index (χ3v) is 2.99. The molecule has 1 atom stereocenters. The molecule has 0 radical (unpaired) electrons. The molecule has 0 spiro atoms. The molecular weight excluding hydrogens is 229 g/mol. The smallest absolute Gasteiger partial charge is 0.123 e. The van der Waals surface area contributed by atoms with Gasteiger partial charge < -0.3 is 10.1 Å². The van der Waals surface area contributed by atoms with Crippen LogP contribution in [0.3, 0.4) is 0 Å². The van der Waals surface area contributed by atoms with Crippen molar-refractivity contribution in [1.29, 1.82) is 0 Å². The maximum Gasteiger partial charge on any atom is 0.123 e. The fourth-order valence-electron chi connectivity index (χ4n) is 2.20. The first-order valence-corrected chi connectivity index (χ1v) is 6.64. The first kappa shape index (κ1) is 15.1. The Kier molecular flexibility index (Phi) is 5.76. The third kappa shape index (κ3) is 4.07. The predicted molar refractivity (Wildman–Crippen MR) is 73.1 cm³/mol. The van der Waals surface area contributed by atoms with Crippen LogP contribution < -0.4 is 5.32 Å². The lowest BCUT2D eigenvalue weighted by Gasteiger charge is -2.35. The van der Waals surface area contributed by atoms with Crippen LogP contribution in [0.25, 0.3) is 0 Å². The molecule has 1 unspecified atom stereocenters. The van der Waals surface area contributed by atoms with Gasteiger partial charge in [-0.15, -0.1) is 0 Å². The van der Waals surface area contributed by atoms with Gasteiger partial charge in [0, 0.05) is 6.61 Å². The van der Waals surface area contributed by atoms with Gasteiger partial charge in [0.15, 0.2) is 0 Å². The molecular formula is C15H24FNO. The highest BCUT2D eigenvalue weighted by atomic mass is 19.1. The predicted octanol–water partition coefficient (Wildman–Crippen LogP) is 3.68. The quantitative estimate of drug-likeness (QED) is 0.800. The number of halogens is 1. The standard InChI is InChI=1S/C15H24FNO/c1-5-10-17-14(15(3,4)18-6-2)12-8-7-9-13(16)11-12/h7-9,11,14,17H,5-6,10H2,1-4H3. The van der Waals surface area contributed by atoms with Crippen LogP contribution in [0, 0.1) is 5.82 Å². The Bertz CT molecular complexity index is 365. The van der Waals surface area contributed by atoms with Crippen LogP contribution in [0.5, 0.6) is 0 Å². The Balaban J connectivity index is 2.97. The molecule has 0 saturated heterocycles. The molecule has 0 heterocycles. The van der Waals surface area contributed by atoms with E-state index in [1.807, 2.05) is 26.8 Å². The van der Waals surface area contributed by atoms with Crippen molar-refractivity contribution < 1.29 is 9.13 Å². The maximum absolute atomic E-state index is 13.4. The van der Waals surface area contributed by atoms with Gasteiger partial charge in [-0.05, 0) is 51.4 Å². The summed E-state index contributed by atoms with van der Waals surface area (Å²) in [5.41, 5.74) is 0.569. The van der Waals surface area contributed by atoms with Crippen molar-refractivity contribution in [2.75, 3.05) is 13.2 Å². The van der Waals surface area contributed by atoms with Gasteiger partial charge >= 0.3 is 0 Å². The van der Waals surface area contributed by atoms with Crippen LogP contribution in [-0.2, 0) is 4.74 Å². The SMILES string of the molecule is CCCNC(c1cccc(F)c1)C(C)(C)OCC. The molecule has 3 heteroatoms. The Labute approximate surface area is 110 Å². The molecule has 0 bridgehead atoms. The molecule has 0 fully saturated rings. The normalized spacial score (nSPS) is 13.6. The van der Waals surface area contributed by atoms with Crippen LogP contribution >= 0.6 is 0 Å². The first-order chi connectivity index (χ1) is 8.51. The minimum absolute atomic E-state index is 0.00639. The summed E-state index contributed by atoms with van der Waals surface area (Å²) >= 11 is 0. The Morgan fingerprint density at radius 2 is 2.06 bits per heavy atom. The number of benzene rings is 1. The minimum Gasteiger partial charge on any atom is -0.374 e. The van der Waals surface area contributed by atoms with Crippen molar-refractivity contribution in [2.45, 2.75) is 45.8 Å². The van der Waals surface area contributed by atoms with Crippen molar-refractivity contribution in [3.8, 4) is 0 Å². The average Bonchev–Trinajstić information content (AvgIpc) is 2.29. The number of rotatable bonds is 7. The summed E-state index contributed by atoms with van der Waals surface area (Å²) in [6.45, 7) is 9.70. The molecule has 0 saturated carbocycles. The Hall–Kier alpha value is -0.930. The molecule has 1 aromatic carbocycles. The van der Waals surface area contributed by atoms with Gasteiger partial charge in [-0.3, -0.25) is 0 Å². The highest BCUT2D eigenvalue weighted by molar-refractivity contribution is 5.22. The van der Waals surface area contributed by atoms with Gasteiger partial charge in [-0.25, -0.2) is 4.39 Å². The molecule has 102 valence electrons. The Morgan fingerprint density at radius 1 is 1.33 bits per heavy atom. The van der Waals surface area contributed by atoms with Gasteiger partial charge in [-0.2, -0.15) is 0 Å². The molecule has 2 nitrogen and oxygen atoms in total. The lowest BCUT2D eigenvalue weighted by atomic mass is 9.91. The molecule has 0 aliphatic rings. The maximum atomic E-state index is 13.4. The van der Waals surface area contributed by atoms with Crippen LogP contribution in [-0.4, -0.2) is 18.8 Å². The monoisotopic (exact) mass is 253 g/mol. The average molecular weight is 253 g/mol. The summed E-state index contributed by atoms with van der Waals surface area (Å²) in [5.74, 6) is -0.205. The zero-order valence-corrected chi connectivity index (χ0v) is 11.8. The fraction of sp³-hybridized carbons (Fsp3) is 0.600. The van der Waals surface area contributed by atoms with E-state index in [1.54, 1.807) is 12.1 Å². The van der Waals surface area contributed by atoms with Crippen molar-refractivity contribution in [2.24, 2.45) is 0 Å². The summed E-state index contributed by atoms with van der Waals surface area (Å²) in [7, 11) is 0. The van der Waals surface area contributed by atoms with E-state index in [4.69, 9.17) is 4.74 Å². The van der Waals surface area contributed by atoms with Gasteiger partial charge in [0.05, 0.1) is 11.6 Å². The summed E-state index contributed by atoms with van der Waals surface area (Å²) < 4.78 is 19.2. The fourth-order valence-corrected chi connectivity index (χ4v) is 2.20. The van der Waals surface area contributed by atoms with E-state index < -0.39 is 0 Å². The van der Waals surface area contributed by atoms with E-state index in [0.717, 1.165) is 18.5 Å². The molecule has 0 aliphatic heterocycles. The van der Waals surface area contributed by atoms with Crippen LogP contribution in [0.1, 0.15) is 45.7 Å². The highest BCUT2D eigenvalue weighted by Crippen LogP contribution is 2.29. The molecule has 0 aliphatic carbocycles. The van der Waals surface area contributed by atoms with E-state index in [9.17, 15) is 4.39 Å². The summed E-state index contributed by atoms with van der Waals surface area (Å²) in [6.07, 6.45) is 1.04. The zero-order chi connectivity index (χ0) is 13.6. The van der Waals surface area contributed by atoms with E-state index in [1.165, 1.54) is 6.07 Å². The topological polar surface area (TPSA) is 21.3 Å². The lowest BCUT2D eigenvalue weighted by Crippen LogP contribution is -2.42. The Morgan fingerprint density at radius 3 is 2.61 bits per heavy atom. The van der Waals surface area contributed by atoms with E-state index in [-0.39, 0.29) is 17.5 Å². The number of hydrogen-bond acceptors (Lipinski definition) is 2. The molecule has 1 aromatic rings. The molecule has 0 aromatic heterocycles. The van der Waals surface area contributed by atoms with Crippen molar-refractivity contribution >= 4 is 0 Å². The highest BCUT2D eigenvalue weighted by Gasteiger charge is 2.31. The largest absolute Gasteiger partial charge is 0.374 e. The summed E-state index contributed by atoms with van der Waals surface area (Å²) in [5, 5.41) is 3.45. The first-order valence-electron chi connectivity index (χ1n) is 6.64. The van der Waals surface area contributed by atoms with Gasteiger partial charge in [0.1, 0.15) is 5.82 Å². The van der Waals surface area contributed by atoms with Gasteiger partial charge in [0.2, 0.25) is 0 Å². The van der Waals surface area contributed by atoms with E-state index in [0.29, 0.717) is 6.61 Å². The van der Waals surface area contributed by atoms with Crippen LogP contribution in [0.4, 0.5) is 4.39 Å². The molecule has 0 amide bonds. The molecule has 1 N–H and O–H groups in total. The summed E-state index contributed by atoms with van der Waals surface area (Å²) in [6, 6.07) is 6.72. The van der Waals surface area contributed by atoms with E-state index in [2.05, 4.69) is 12.2 Å². The van der Waals surface area contributed by atoms with Gasteiger partial charge in [-0.1, -0.05) is 19.1 Å². The second-order valence-electron chi connectivity index (χ2n) is 4.98. The zero-order valence-electron chi connectivity index (χ0n) is 11.8. The van der Waals surface area contributed by atoms with Crippen LogP contribution in [0.15, 0.2) is 24.3 Å². The molecule has 18 heavy (non-hydrogen) atoms. The number of hydrogen-bond donors (Lipinski definition) is 1. The second kappa shape index (κ2) is 6.86. The minimum atomic E-state index is -0.363. The molecule has 1 rings (SSSR count). The van der Waals surface area contributed by atoms with Crippen molar-refractivity contribution in [3.63, 3.8) is 0 Å². The lowest BCUT2D eigenvalue weighted by molar-refractivity contribution is -0.0392. The summed E-state index contributed by atoms with van der Waals surface area (Å²) in [4.78, 5) is 0. The van der Waals surface area contributed by atoms with Crippen molar-refractivity contribution in [3.05, 3.63) is 35.6 Å².